The first-order chi connectivity index (χ1) is 7.48. The molecular formula is C13H15BrClF. The van der Waals surface area contributed by atoms with Crippen molar-refractivity contribution in [2.75, 3.05) is 0 Å². The van der Waals surface area contributed by atoms with Crippen LogP contribution in [-0.2, 0) is 6.42 Å². The average molecular weight is 306 g/mol. The van der Waals surface area contributed by atoms with Crippen LogP contribution >= 0.6 is 27.5 Å². The maximum atomic E-state index is 12.9. The van der Waals surface area contributed by atoms with Gasteiger partial charge in [0.05, 0.1) is 0 Å². The lowest BCUT2D eigenvalue weighted by Gasteiger charge is -2.24. The largest absolute Gasteiger partial charge is 0.207 e. The minimum absolute atomic E-state index is 0.260. The summed E-state index contributed by atoms with van der Waals surface area (Å²) in [6.45, 7) is 2.29. The van der Waals surface area contributed by atoms with Gasteiger partial charge in [-0.2, -0.15) is 0 Å². The quantitative estimate of drug-likeness (QED) is 0.676. The molecule has 0 bridgehead atoms. The third-order valence-corrected chi connectivity index (χ3v) is 4.54. The molecule has 0 aliphatic heterocycles. The second-order valence-corrected chi connectivity index (χ2v) is 6.77. The molecule has 0 saturated heterocycles. The highest BCUT2D eigenvalue weighted by Crippen LogP contribution is 2.44. The Kier molecular flexibility index (Phi) is 3.60. The Morgan fingerprint density at radius 3 is 2.88 bits per heavy atom. The Morgan fingerprint density at radius 2 is 2.31 bits per heavy atom. The summed E-state index contributed by atoms with van der Waals surface area (Å²) in [5.74, 6) is -0.260. The summed E-state index contributed by atoms with van der Waals surface area (Å²) in [6.07, 6.45) is 4.53. The van der Waals surface area contributed by atoms with Crippen LogP contribution in [0.4, 0.5) is 4.39 Å². The molecule has 2 unspecified atom stereocenters. The van der Waals surface area contributed by atoms with Gasteiger partial charge in [-0.15, -0.1) is 0 Å². The first-order valence-electron chi connectivity index (χ1n) is 5.56. The standard InChI is InChI=1S/C13H15BrClF/c1-13(5-4-10(14)8-13)7-9-2-3-11(16)6-12(9)15/h2-3,6,10H,4-5,7-8H2,1H3. The van der Waals surface area contributed by atoms with E-state index in [1.807, 2.05) is 6.07 Å². The SMILES string of the molecule is CC1(Cc2ccc(F)cc2Cl)CCC(Br)C1. The molecule has 1 aliphatic carbocycles. The van der Waals surface area contributed by atoms with E-state index in [2.05, 4.69) is 22.9 Å². The average Bonchev–Trinajstić information content (AvgIpc) is 2.52. The lowest BCUT2D eigenvalue weighted by Crippen LogP contribution is -2.16. The molecule has 2 atom stereocenters. The molecule has 1 saturated carbocycles. The van der Waals surface area contributed by atoms with E-state index in [9.17, 15) is 4.39 Å². The van der Waals surface area contributed by atoms with E-state index < -0.39 is 0 Å². The molecule has 1 fully saturated rings. The van der Waals surface area contributed by atoms with Gasteiger partial charge < -0.3 is 0 Å². The minimum Gasteiger partial charge on any atom is -0.207 e. The predicted molar refractivity (Wildman–Crippen MR) is 69.8 cm³/mol. The highest BCUT2D eigenvalue weighted by Gasteiger charge is 2.34. The van der Waals surface area contributed by atoms with E-state index in [0.29, 0.717) is 15.3 Å². The van der Waals surface area contributed by atoms with Crippen LogP contribution in [-0.4, -0.2) is 4.83 Å². The molecular weight excluding hydrogens is 290 g/mol. The van der Waals surface area contributed by atoms with Gasteiger partial charge in [0.15, 0.2) is 0 Å². The number of benzene rings is 1. The van der Waals surface area contributed by atoms with Crippen LogP contribution in [0.15, 0.2) is 18.2 Å². The topological polar surface area (TPSA) is 0 Å². The van der Waals surface area contributed by atoms with Gasteiger partial charge in [0.1, 0.15) is 5.82 Å². The summed E-state index contributed by atoms with van der Waals surface area (Å²) in [4.78, 5) is 0.622. The van der Waals surface area contributed by atoms with Crippen molar-refractivity contribution >= 4 is 27.5 Å². The maximum absolute atomic E-state index is 12.9. The van der Waals surface area contributed by atoms with E-state index in [4.69, 9.17) is 11.6 Å². The van der Waals surface area contributed by atoms with Gasteiger partial charge in [0.2, 0.25) is 0 Å². The van der Waals surface area contributed by atoms with E-state index in [0.717, 1.165) is 12.0 Å². The van der Waals surface area contributed by atoms with Crippen molar-refractivity contribution in [2.45, 2.75) is 37.4 Å². The molecule has 2 rings (SSSR count). The van der Waals surface area contributed by atoms with Crippen LogP contribution in [0.25, 0.3) is 0 Å². The molecule has 3 heteroatoms. The number of halogens is 3. The zero-order valence-electron chi connectivity index (χ0n) is 9.27. The summed E-state index contributed by atoms with van der Waals surface area (Å²) >= 11 is 9.72. The lowest BCUT2D eigenvalue weighted by atomic mass is 9.82. The third kappa shape index (κ3) is 2.78. The van der Waals surface area contributed by atoms with Gasteiger partial charge in [-0.3, -0.25) is 0 Å². The maximum Gasteiger partial charge on any atom is 0.124 e. The Bertz CT molecular complexity index is 394. The molecule has 88 valence electrons. The number of hydrogen-bond acceptors (Lipinski definition) is 0. The second kappa shape index (κ2) is 4.66. The van der Waals surface area contributed by atoms with Crippen molar-refractivity contribution < 1.29 is 4.39 Å². The summed E-state index contributed by atoms with van der Waals surface area (Å²) in [7, 11) is 0. The molecule has 0 nitrogen and oxygen atoms in total. The molecule has 0 radical (unpaired) electrons. The summed E-state index contributed by atoms with van der Waals surface area (Å²) in [5.41, 5.74) is 1.36. The molecule has 0 spiro atoms. The lowest BCUT2D eigenvalue weighted by molar-refractivity contribution is 0.336. The van der Waals surface area contributed by atoms with E-state index in [1.54, 1.807) is 0 Å². The van der Waals surface area contributed by atoms with Crippen molar-refractivity contribution in [2.24, 2.45) is 5.41 Å². The zero-order chi connectivity index (χ0) is 11.8. The van der Waals surface area contributed by atoms with Crippen molar-refractivity contribution in [3.05, 3.63) is 34.6 Å². The van der Waals surface area contributed by atoms with Gasteiger partial charge in [-0.25, -0.2) is 4.39 Å². The molecule has 1 aromatic carbocycles. The fourth-order valence-corrected chi connectivity index (χ4v) is 3.77. The summed E-state index contributed by atoms with van der Waals surface area (Å²) in [6, 6.07) is 4.70. The fraction of sp³-hybridized carbons (Fsp3) is 0.538. The number of hydrogen-bond donors (Lipinski definition) is 0. The Balaban J connectivity index is 2.14. The minimum atomic E-state index is -0.260. The van der Waals surface area contributed by atoms with Crippen molar-refractivity contribution in [1.29, 1.82) is 0 Å². The second-order valence-electron chi connectivity index (χ2n) is 5.06. The molecule has 0 heterocycles. The molecule has 0 amide bonds. The molecule has 1 aliphatic rings. The summed E-state index contributed by atoms with van der Waals surface area (Å²) in [5, 5.41) is 0.555. The van der Waals surface area contributed by atoms with Crippen LogP contribution in [0.3, 0.4) is 0 Å². The Labute approximate surface area is 109 Å². The van der Waals surface area contributed by atoms with Crippen LogP contribution in [0.5, 0.6) is 0 Å². The zero-order valence-corrected chi connectivity index (χ0v) is 11.6. The first-order valence-corrected chi connectivity index (χ1v) is 6.86. The van der Waals surface area contributed by atoms with Crippen molar-refractivity contribution in [1.82, 2.24) is 0 Å². The van der Waals surface area contributed by atoms with Crippen LogP contribution in [0.1, 0.15) is 31.7 Å². The van der Waals surface area contributed by atoms with E-state index >= 15 is 0 Å². The predicted octanol–water partition coefficient (Wildman–Crippen LogP) is 4.98. The highest BCUT2D eigenvalue weighted by molar-refractivity contribution is 9.09. The molecule has 0 N–H and O–H groups in total. The van der Waals surface area contributed by atoms with Crippen LogP contribution < -0.4 is 0 Å². The Morgan fingerprint density at radius 1 is 1.56 bits per heavy atom. The smallest absolute Gasteiger partial charge is 0.124 e. The van der Waals surface area contributed by atoms with Crippen LogP contribution in [0, 0.1) is 11.2 Å². The van der Waals surface area contributed by atoms with Gasteiger partial charge >= 0.3 is 0 Å². The number of rotatable bonds is 2. The van der Waals surface area contributed by atoms with Gasteiger partial charge in [-0.1, -0.05) is 40.5 Å². The third-order valence-electron chi connectivity index (χ3n) is 3.41. The van der Waals surface area contributed by atoms with E-state index in [-0.39, 0.29) is 5.82 Å². The summed E-state index contributed by atoms with van der Waals surface area (Å²) < 4.78 is 12.9. The molecule has 16 heavy (non-hydrogen) atoms. The van der Waals surface area contributed by atoms with Gasteiger partial charge in [0.25, 0.3) is 0 Å². The fourth-order valence-electron chi connectivity index (χ4n) is 2.53. The molecule has 1 aromatic rings. The Hall–Kier alpha value is -0.0800. The first kappa shape index (κ1) is 12.4. The number of alkyl halides is 1. The monoisotopic (exact) mass is 304 g/mol. The van der Waals surface area contributed by atoms with E-state index in [1.165, 1.54) is 31.4 Å². The van der Waals surface area contributed by atoms with Gasteiger partial charge in [-0.05, 0) is 48.8 Å². The van der Waals surface area contributed by atoms with Crippen molar-refractivity contribution in [3.63, 3.8) is 0 Å². The van der Waals surface area contributed by atoms with Gasteiger partial charge in [0, 0.05) is 9.85 Å². The highest BCUT2D eigenvalue weighted by atomic mass is 79.9. The van der Waals surface area contributed by atoms with Crippen LogP contribution in [0.2, 0.25) is 5.02 Å². The molecule has 0 aromatic heterocycles. The van der Waals surface area contributed by atoms with Crippen molar-refractivity contribution in [3.8, 4) is 0 Å². The normalized spacial score (nSPS) is 29.6.